The molecule has 0 aliphatic carbocycles. The lowest BCUT2D eigenvalue weighted by Gasteiger charge is -2.27. The first kappa shape index (κ1) is 26.5. The Morgan fingerprint density at radius 3 is 2.38 bits per heavy atom. The molecule has 0 bridgehead atoms. The van der Waals surface area contributed by atoms with Gasteiger partial charge in [-0.15, -0.1) is 0 Å². The molecule has 2 heterocycles. The van der Waals surface area contributed by atoms with Crippen LogP contribution in [0, 0.1) is 5.41 Å². The van der Waals surface area contributed by atoms with E-state index in [1.54, 1.807) is 54.6 Å². The number of rotatable bonds is 7. The van der Waals surface area contributed by atoms with Gasteiger partial charge in [0.2, 0.25) is 11.8 Å². The molecule has 3 aromatic carbocycles. The zero-order valence-electron chi connectivity index (χ0n) is 20.9. The minimum atomic E-state index is -4.57. The number of nitrogens with two attached hydrogens (primary N) is 2. The summed E-state index contributed by atoms with van der Waals surface area (Å²) in [6.45, 7) is 0.318. The van der Waals surface area contributed by atoms with E-state index in [4.69, 9.17) is 16.9 Å². The van der Waals surface area contributed by atoms with Crippen LogP contribution in [-0.4, -0.2) is 33.5 Å². The number of nitrogen functional groups attached to an aromatic ring is 1. The van der Waals surface area contributed by atoms with Crippen molar-refractivity contribution in [3.8, 4) is 5.69 Å². The van der Waals surface area contributed by atoms with Crippen molar-refractivity contribution in [1.82, 2.24) is 9.78 Å². The third-order valence-corrected chi connectivity index (χ3v) is 6.65. The Morgan fingerprint density at radius 2 is 1.73 bits per heavy atom. The summed E-state index contributed by atoms with van der Waals surface area (Å²) in [4.78, 5) is 26.9. The van der Waals surface area contributed by atoms with Gasteiger partial charge in [-0.05, 0) is 53.6 Å². The van der Waals surface area contributed by atoms with E-state index < -0.39 is 23.8 Å². The number of halogens is 3. The van der Waals surface area contributed by atoms with E-state index in [1.807, 2.05) is 11.0 Å². The van der Waals surface area contributed by atoms with Gasteiger partial charge in [0.1, 0.15) is 11.9 Å². The zero-order chi connectivity index (χ0) is 28.6. The molecular weight excluding hydrogens is 523 g/mol. The molecule has 0 saturated carbocycles. The molecule has 5 rings (SSSR count). The molecule has 1 aliphatic heterocycles. The molecule has 1 unspecified atom stereocenters. The quantitative estimate of drug-likeness (QED) is 0.205. The fraction of sp³-hybridized carbons (Fsp3) is 0.143. The summed E-state index contributed by atoms with van der Waals surface area (Å²) in [6.07, 6.45) is -2.98. The number of fused-ring (bicyclic) bond motifs is 1. The highest BCUT2D eigenvalue weighted by Gasteiger charge is 2.35. The summed E-state index contributed by atoms with van der Waals surface area (Å²) >= 11 is 0. The third kappa shape index (κ3) is 5.37. The first-order chi connectivity index (χ1) is 19.0. The molecule has 12 heteroatoms. The highest BCUT2D eigenvalue weighted by molar-refractivity contribution is 6.00. The first-order valence-corrected chi connectivity index (χ1v) is 12.2. The number of alkyl halides is 3. The van der Waals surface area contributed by atoms with Crippen molar-refractivity contribution >= 4 is 29.0 Å². The van der Waals surface area contributed by atoms with E-state index in [2.05, 4.69) is 10.4 Å². The first-order valence-electron chi connectivity index (χ1n) is 12.2. The van der Waals surface area contributed by atoms with E-state index >= 15 is 0 Å². The lowest BCUT2D eigenvalue weighted by molar-refractivity contribution is -0.141. The lowest BCUT2D eigenvalue weighted by atomic mass is 10.1. The summed E-state index contributed by atoms with van der Waals surface area (Å²) in [6, 6.07) is 18.7. The smallest absolute Gasteiger partial charge is 0.384 e. The number of primary amides is 1. The van der Waals surface area contributed by atoms with Crippen molar-refractivity contribution in [1.29, 1.82) is 5.41 Å². The molecule has 6 N–H and O–H groups in total. The van der Waals surface area contributed by atoms with Gasteiger partial charge in [-0.3, -0.25) is 15.0 Å². The van der Waals surface area contributed by atoms with Gasteiger partial charge in [0, 0.05) is 41.7 Å². The predicted molar refractivity (Wildman–Crippen MR) is 143 cm³/mol. The molecule has 9 nitrogen and oxygen atoms in total. The number of nitrogens with zero attached hydrogens (tertiary/aromatic N) is 3. The van der Waals surface area contributed by atoms with Gasteiger partial charge in [0.05, 0.1) is 5.69 Å². The van der Waals surface area contributed by atoms with E-state index in [0.717, 1.165) is 27.6 Å². The van der Waals surface area contributed by atoms with Crippen LogP contribution in [0.25, 0.3) is 5.69 Å². The number of carbonyl (C=O) groups excluding carboxylic acids is 2. The highest BCUT2D eigenvalue weighted by Crippen LogP contribution is 2.35. The fourth-order valence-corrected chi connectivity index (χ4v) is 4.63. The van der Waals surface area contributed by atoms with E-state index in [9.17, 15) is 22.8 Å². The van der Waals surface area contributed by atoms with Crippen LogP contribution in [0.15, 0.2) is 79.0 Å². The molecule has 0 fully saturated rings. The number of benzene rings is 3. The number of carbonyl (C=O) groups is 2. The van der Waals surface area contributed by atoms with Gasteiger partial charge >= 0.3 is 6.18 Å². The molecule has 40 heavy (non-hydrogen) atoms. The normalized spacial score (nSPS) is 14.6. The van der Waals surface area contributed by atoms with Crippen molar-refractivity contribution in [2.45, 2.75) is 25.2 Å². The summed E-state index contributed by atoms with van der Waals surface area (Å²) in [5, 5.41) is 14.3. The summed E-state index contributed by atoms with van der Waals surface area (Å²) in [5.41, 5.74) is 14.1. The number of hydrogen-bond donors (Lipinski definition) is 4. The summed E-state index contributed by atoms with van der Waals surface area (Å²) in [7, 11) is 0. The summed E-state index contributed by atoms with van der Waals surface area (Å²) in [5.74, 6) is -0.984. The maximum absolute atomic E-state index is 13.6. The minimum absolute atomic E-state index is 0.106. The molecule has 1 aliphatic rings. The van der Waals surface area contributed by atoms with Crippen LogP contribution in [0.1, 0.15) is 32.7 Å². The maximum Gasteiger partial charge on any atom is 0.435 e. The Hall–Kier alpha value is -5.13. The highest BCUT2D eigenvalue weighted by atomic mass is 19.4. The molecule has 4 aromatic rings. The molecule has 2 amide bonds. The molecular formula is C28H24F3N7O2. The number of nitrogens with one attached hydrogen (secondary N) is 2. The minimum Gasteiger partial charge on any atom is -0.384 e. The molecule has 1 aromatic heterocycles. The van der Waals surface area contributed by atoms with E-state index in [0.29, 0.717) is 35.5 Å². The predicted octanol–water partition coefficient (Wildman–Crippen LogP) is 3.84. The van der Waals surface area contributed by atoms with Crippen LogP contribution in [0.3, 0.4) is 0 Å². The van der Waals surface area contributed by atoms with E-state index in [-0.39, 0.29) is 11.7 Å². The van der Waals surface area contributed by atoms with Gasteiger partial charge < -0.3 is 21.7 Å². The topological polar surface area (TPSA) is 143 Å². The molecule has 1 atom stereocenters. The van der Waals surface area contributed by atoms with Gasteiger partial charge in [0.15, 0.2) is 5.69 Å². The summed E-state index contributed by atoms with van der Waals surface area (Å²) < 4.78 is 40.1. The fourth-order valence-electron chi connectivity index (χ4n) is 4.63. The Bertz CT molecular complexity index is 1610. The second-order valence-electron chi connectivity index (χ2n) is 9.35. The molecule has 0 radical (unpaired) electrons. The average molecular weight is 548 g/mol. The third-order valence-electron chi connectivity index (χ3n) is 6.65. The van der Waals surface area contributed by atoms with Crippen molar-refractivity contribution in [2.75, 3.05) is 10.2 Å². The van der Waals surface area contributed by atoms with Gasteiger partial charge in [-0.25, -0.2) is 4.68 Å². The van der Waals surface area contributed by atoms with Crippen molar-refractivity contribution in [2.24, 2.45) is 11.5 Å². The molecule has 0 spiro atoms. The van der Waals surface area contributed by atoms with Crippen LogP contribution in [0.4, 0.5) is 24.5 Å². The van der Waals surface area contributed by atoms with Crippen LogP contribution in [0.2, 0.25) is 0 Å². The lowest BCUT2D eigenvalue weighted by Crippen LogP contribution is -2.41. The van der Waals surface area contributed by atoms with Crippen molar-refractivity contribution < 1.29 is 22.8 Å². The zero-order valence-corrected chi connectivity index (χ0v) is 20.9. The van der Waals surface area contributed by atoms with Crippen LogP contribution >= 0.6 is 0 Å². The second kappa shape index (κ2) is 10.2. The Labute approximate surface area is 226 Å². The van der Waals surface area contributed by atoms with Crippen molar-refractivity contribution in [3.05, 3.63) is 107 Å². The van der Waals surface area contributed by atoms with Crippen LogP contribution in [0.5, 0.6) is 0 Å². The number of amides is 2. The maximum atomic E-state index is 13.6. The Morgan fingerprint density at radius 1 is 1.00 bits per heavy atom. The van der Waals surface area contributed by atoms with Gasteiger partial charge in [-0.1, -0.05) is 30.3 Å². The second-order valence-corrected chi connectivity index (χ2v) is 9.35. The van der Waals surface area contributed by atoms with Gasteiger partial charge in [0.25, 0.3) is 0 Å². The van der Waals surface area contributed by atoms with Crippen molar-refractivity contribution in [3.63, 3.8) is 0 Å². The Kier molecular flexibility index (Phi) is 6.76. The largest absolute Gasteiger partial charge is 0.435 e. The average Bonchev–Trinajstić information content (AvgIpc) is 3.55. The number of anilines is 2. The number of amidine groups is 1. The molecule has 204 valence electrons. The van der Waals surface area contributed by atoms with E-state index in [1.165, 1.54) is 12.3 Å². The van der Waals surface area contributed by atoms with Gasteiger partial charge in [-0.2, -0.15) is 18.3 Å². The SMILES string of the molecule is N=C(N)c1ccc2c(c1)N(Cc1ccc(C(N)=O)cc1)C(C(=O)Nc1cccc(-n3ccc(C(F)(F)F)n3)c1)C2. The number of hydrogen-bond acceptors (Lipinski definition) is 5. The van der Waals surface area contributed by atoms with Crippen LogP contribution < -0.4 is 21.7 Å². The Balaban J connectivity index is 1.41. The van der Waals surface area contributed by atoms with Crippen LogP contribution in [-0.2, 0) is 23.9 Å². The number of aromatic nitrogens is 2. The standard InChI is InChI=1S/C28H24F3N7O2/c29-28(30,31)24-10-11-38(36-24)21-3-1-2-20(14-21)35-27(40)23-12-18-8-9-19(25(32)33)13-22(18)37(23)15-16-4-6-17(7-5-16)26(34)39/h1-11,13-14,23H,12,15H2,(H3,32,33)(H2,34,39)(H,35,40). The molecule has 0 saturated heterocycles. The monoisotopic (exact) mass is 547 g/mol.